The fraction of sp³-hybridized carbons (Fsp3) is 0.125. The van der Waals surface area contributed by atoms with E-state index in [2.05, 4.69) is 10.2 Å². The first kappa shape index (κ1) is 14.3. The molecule has 3 aromatic rings. The SMILES string of the molecule is COc1ccccc1-n1c(COc2ccccc2)n[nH]c1=S. The topological polar surface area (TPSA) is 52.1 Å². The molecule has 0 fully saturated rings. The number of nitrogens with zero attached hydrogens (tertiary/aromatic N) is 2. The molecule has 0 aliphatic heterocycles. The first-order valence-electron chi connectivity index (χ1n) is 6.77. The molecular formula is C16H15N3O2S. The number of H-pyrrole nitrogens is 1. The van der Waals surface area contributed by atoms with Crippen LogP contribution in [-0.2, 0) is 6.61 Å². The van der Waals surface area contributed by atoms with E-state index in [0.717, 1.165) is 17.2 Å². The molecule has 1 aromatic heterocycles. The summed E-state index contributed by atoms with van der Waals surface area (Å²) < 4.78 is 13.5. The van der Waals surface area contributed by atoms with E-state index in [-0.39, 0.29) is 0 Å². The minimum Gasteiger partial charge on any atom is -0.495 e. The van der Waals surface area contributed by atoms with Gasteiger partial charge >= 0.3 is 0 Å². The van der Waals surface area contributed by atoms with Crippen molar-refractivity contribution in [2.24, 2.45) is 0 Å². The molecule has 0 amide bonds. The van der Waals surface area contributed by atoms with Crippen molar-refractivity contribution in [1.82, 2.24) is 14.8 Å². The quantitative estimate of drug-likeness (QED) is 0.732. The highest BCUT2D eigenvalue weighted by atomic mass is 32.1. The smallest absolute Gasteiger partial charge is 0.200 e. The average molecular weight is 313 g/mol. The van der Waals surface area contributed by atoms with Crippen LogP contribution in [0.4, 0.5) is 0 Å². The summed E-state index contributed by atoms with van der Waals surface area (Å²) in [5.41, 5.74) is 0.829. The highest BCUT2D eigenvalue weighted by molar-refractivity contribution is 7.71. The Hall–Kier alpha value is -2.60. The molecule has 6 heteroatoms. The predicted octanol–water partition coefficient (Wildman–Crippen LogP) is 3.52. The number of para-hydroxylation sites is 3. The zero-order valence-electron chi connectivity index (χ0n) is 12.0. The highest BCUT2D eigenvalue weighted by Gasteiger charge is 2.12. The summed E-state index contributed by atoms with van der Waals surface area (Å²) in [6.07, 6.45) is 0. The fourth-order valence-corrected chi connectivity index (χ4v) is 2.40. The Balaban J connectivity index is 1.93. The van der Waals surface area contributed by atoms with Gasteiger partial charge in [-0.3, -0.25) is 9.67 Å². The Morgan fingerprint density at radius 2 is 1.82 bits per heavy atom. The number of benzene rings is 2. The van der Waals surface area contributed by atoms with Crippen LogP contribution in [0.15, 0.2) is 54.6 Å². The third-order valence-electron chi connectivity index (χ3n) is 3.18. The van der Waals surface area contributed by atoms with Crippen LogP contribution in [0.3, 0.4) is 0 Å². The van der Waals surface area contributed by atoms with Crippen LogP contribution in [0, 0.1) is 4.77 Å². The molecular weight excluding hydrogens is 298 g/mol. The molecule has 0 radical (unpaired) electrons. The van der Waals surface area contributed by atoms with Crippen molar-refractivity contribution < 1.29 is 9.47 Å². The molecule has 5 nitrogen and oxygen atoms in total. The van der Waals surface area contributed by atoms with Gasteiger partial charge in [0.2, 0.25) is 0 Å². The lowest BCUT2D eigenvalue weighted by atomic mass is 10.3. The molecule has 1 N–H and O–H groups in total. The molecule has 0 unspecified atom stereocenters. The number of nitrogens with one attached hydrogen (secondary N) is 1. The molecule has 0 saturated heterocycles. The Labute approximate surface area is 133 Å². The van der Waals surface area contributed by atoms with E-state index in [4.69, 9.17) is 21.7 Å². The number of aromatic amines is 1. The van der Waals surface area contributed by atoms with Gasteiger partial charge in [-0.05, 0) is 36.5 Å². The maximum absolute atomic E-state index is 5.75. The summed E-state index contributed by atoms with van der Waals surface area (Å²) in [4.78, 5) is 0. The molecule has 0 aliphatic carbocycles. The first-order chi connectivity index (χ1) is 10.8. The normalized spacial score (nSPS) is 10.4. The van der Waals surface area contributed by atoms with E-state index < -0.39 is 0 Å². The second kappa shape index (κ2) is 6.44. The van der Waals surface area contributed by atoms with Crippen molar-refractivity contribution in [1.29, 1.82) is 0 Å². The lowest BCUT2D eigenvalue weighted by Crippen LogP contribution is -2.07. The van der Waals surface area contributed by atoms with Gasteiger partial charge in [0.15, 0.2) is 10.6 Å². The standard InChI is InChI=1S/C16H15N3O2S/c1-20-14-10-6-5-9-13(14)19-15(17-18-16(19)22)11-21-12-7-3-2-4-8-12/h2-10H,11H2,1H3,(H,18,22). The van der Waals surface area contributed by atoms with Gasteiger partial charge in [0.25, 0.3) is 0 Å². The highest BCUT2D eigenvalue weighted by Crippen LogP contribution is 2.24. The Kier molecular flexibility index (Phi) is 4.20. The van der Waals surface area contributed by atoms with Crippen molar-refractivity contribution in [3.8, 4) is 17.2 Å². The van der Waals surface area contributed by atoms with Gasteiger partial charge in [-0.1, -0.05) is 30.3 Å². The lowest BCUT2D eigenvalue weighted by Gasteiger charge is -2.11. The number of rotatable bonds is 5. The molecule has 112 valence electrons. The summed E-state index contributed by atoms with van der Waals surface area (Å²) in [5.74, 6) is 2.18. The van der Waals surface area contributed by atoms with Gasteiger partial charge < -0.3 is 9.47 Å². The summed E-state index contributed by atoms with van der Waals surface area (Å²) in [6, 6.07) is 17.2. The van der Waals surface area contributed by atoms with Crippen molar-refractivity contribution in [3.05, 3.63) is 65.2 Å². The van der Waals surface area contributed by atoms with Crippen LogP contribution < -0.4 is 9.47 Å². The Bertz CT molecular complexity index is 812. The number of methoxy groups -OCH3 is 1. The Morgan fingerprint density at radius 1 is 1.09 bits per heavy atom. The van der Waals surface area contributed by atoms with Gasteiger partial charge in [-0.2, -0.15) is 5.10 Å². The van der Waals surface area contributed by atoms with Gasteiger partial charge in [-0.25, -0.2) is 0 Å². The first-order valence-corrected chi connectivity index (χ1v) is 7.18. The minimum absolute atomic E-state index is 0.301. The number of hydrogen-bond acceptors (Lipinski definition) is 4. The second-order valence-electron chi connectivity index (χ2n) is 4.55. The summed E-state index contributed by atoms with van der Waals surface area (Å²) in [5, 5.41) is 7.05. The third-order valence-corrected chi connectivity index (χ3v) is 3.45. The van der Waals surface area contributed by atoms with Crippen molar-refractivity contribution in [2.75, 3.05) is 7.11 Å². The molecule has 22 heavy (non-hydrogen) atoms. The van der Waals surface area contributed by atoms with Crippen molar-refractivity contribution in [3.63, 3.8) is 0 Å². The molecule has 0 saturated carbocycles. The van der Waals surface area contributed by atoms with Crippen LogP contribution >= 0.6 is 12.2 Å². The van der Waals surface area contributed by atoms with Gasteiger partial charge in [-0.15, -0.1) is 0 Å². The Morgan fingerprint density at radius 3 is 2.59 bits per heavy atom. The van der Waals surface area contributed by atoms with E-state index >= 15 is 0 Å². The minimum atomic E-state index is 0.301. The second-order valence-corrected chi connectivity index (χ2v) is 4.94. The molecule has 0 bridgehead atoms. The largest absolute Gasteiger partial charge is 0.495 e. The van der Waals surface area contributed by atoms with E-state index in [1.54, 1.807) is 7.11 Å². The zero-order chi connectivity index (χ0) is 15.4. The van der Waals surface area contributed by atoms with Crippen molar-refractivity contribution >= 4 is 12.2 Å². The summed E-state index contributed by atoms with van der Waals surface area (Å²) in [7, 11) is 1.63. The maximum atomic E-state index is 5.75. The molecule has 1 heterocycles. The van der Waals surface area contributed by atoms with Crippen molar-refractivity contribution in [2.45, 2.75) is 6.61 Å². The molecule has 2 aromatic carbocycles. The molecule has 0 spiro atoms. The number of hydrogen-bond donors (Lipinski definition) is 1. The lowest BCUT2D eigenvalue weighted by molar-refractivity contribution is 0.293. The molecule has 3 rings (SSSR count). The van der Waals surface area contributed by atoms with E-state index in [1.165, 1.54) is 0 Å². The van der Waals surface area contributed by atoms with Crippen LogP contribution in [-0.4, -0.2) is 21.9 Å². The van der Waals surface area contributed by atoms with Crippen LogP contribution in [0.25, 0.3) is 5.69 Å². The van der Waals surface area contributed by atoms with E-state index in [9.17, 15) is 0 Å². The fourth-order valence-electron chi connectivity index (χ4n) is 2.15. The van der Waals surface area contributed by atoms with Crippen LogP contribution in [0.2, 0.25) is 0 Å². The van der Waals surface area contributed by atoms with E-state index in [1.807, 2.05) is 59.2 Å². The number of ether oxygens (including phenoxy) is 2. The maximum Gasteiger partial charge on any atom is 0.200 e. The summed E-state index contributed by atoms with van der Waals surface area (Å²) >= 11 is 5.33. The molecule has 0 atom stereocenters. The van der Waals surface area contributed by atoms with Gasteiger partial charge in [0.1, 0.15) is 18.1 Å². The number of aromatic nitrogens is 3. The van der Waals surface area contributed by atoms with E-state index in [0.29, 0.717) is 17.2 Å². The zero-order valence-corrected chi connectivity index (χ0v) is 12.8. The van der Waals surface area contributed by atoms with Crippen LogP contribution in [0.5, 0.6) is 11.5 Å². The molecule has 0 aliphatic rings. The summed E-state index contributed by atoms with van der Waals surface area (Å²) in [6.45, 7) is 0.301. The average Bonchev–Trinajstić information content (AvgIpc) is 2.94. The van der Waals surface area contributed by atoms with Crippen LogP contribution in [0.1, 0.15) is 5.82 Å². The van der Waals surface area contributed by atoms with Gasteiger partial charge in [0, 0.05) is 0 Å². The predicted molar refractivity (Wildman–Crippen MR) is 86.1 cm³/mol. The monoisotopic (exact) mass is 313 g/mol. The third kappa shape index (κ3) is 2.87. The van der Waals surface area contributed by atoms with Gasteiger partial charge in [0.05, 0.1) is 12.8 Å².